The molecule has 3 aliphatic rings. The lowest BCUT2D eigenvalue weighted by Gasteiger charge is -2.48. The van der Waals surface area contributed by atoms with Gasteiger partial charge in [-0.3, -0.25) is 9.59 Å². The molecule has 0 aliphatic carbocycles. The minimum atomic E-state index is 0.0529. The summed E-state index contributed by atoms with van der Waals surface area (Å²) in [5.74, 6) is 0.396. The Morgan fingerprint density at radius 2 is 2.20 bits per heavy atom. The van der Waals surface area contributed by atoms with E-state index in [1.54, 1.807) is 0 Å². The van der Waals surface area contributed by atoms with Gasteiger partial charge in [0, 0.05) is 31.5 Å². The Labute approximate surface area is 87.8 Å². The fraction of sp³-hybridized carbons (Fsp3) is 0.800. The average Bonchev–Trinajstić information content (AvgIpc) is 2.41. The van der Waals surface area contributed by atoms with Crippen LogP contribution in [0.1, 0.15) is 6.42 Å². The van der Waals surface area contributed by atoms with Crippen LogP contribution >= 0.6 is 0 Å². The Bertz CT molecular complexity index is 319. The molecular formula is C10H14N2O3. The minimum absolute atomic E-state index is 0.0529. The first-order valence-electron chi connectivity index (χ1n) is 5.32. The number of hydrogen-bond acceptors (Lipinski definition) is 3. The molecular weight excluding hydrogens is 196 g/mol. The molecule has 0 saturated carbocycles. The van der Waals surface area contributed by atoms with Gasteiger partial charge in [-0.15, -0.1) is 0 Å². The molecule has 0 aromatic heterocycles. The lowest BCUT2D eigenvalue weighted by atomic mass is 9.78. The third kappa shape index (κ3) is 1.33. The van der Waals surface area contributed by atoms with E-state index in [2.05, 4.69) is 5.32 Å². The van der Waals surface area contributed by atoms with Crippen LogP contribution < -0.4 is 5.32 Å². The number of nitrogens with one attached hydrogen (secondary N) is 1. The first-order chi connectivity index (χ1) is 7.19. The summed E-state index contributed by atoms with van der Waals surface area (Å²) >= 11 is 0. The fourth-order valence-electron chi connectivity index (χ4n) is 2.53. The molecule has 0 aromatic rings. The predicted molar refractivity (Wildman–Crippen MR) is 50.9 cm³/mol. The molecule has 5 nitrogen and oxygen atoms in total. The summed E-state index contributed by atoms with van der Waals surface area (Å²) in [6.07, 6.45) is 0.581. The Hall–Kier alpha value is -1.10. The number of hydrogen-bond donors (Lipinski definition) is 1. The van der Waals surface area contributed by atoms with Crippen molar-refractivity contribution in [1.82, 2.24) is 10.2 Å². The molecule has 0 aromatic carbocycles. The number of nitrogens with zero attached hydrogens (tertiary/aromatic N) is 1. The van der Waals surface area contributed by atoms with Gasteiger partial charge >= 0.3 is 0 Å². The minimum Gasteiger partial charge on any atom is -0.380 e. The Morgan fingerprint density at radius 1 is 1.47 bits per heavy atom. The molecule has 0 atom stereocenters. The van der Waals surface area contributed by atoms with Crippen LogP contribution in [0.5, 0.6) is 0 Å². The summed E-state index contributed by atoms with van der Waals surface area (Å²) in [5, 5.41) is 2.83. The van der Waals surface area contributed by atoms with E-state index in [0.29, 0.717) is 19.6 Å². The van der Waals surface area contributed by atoms with Gasteiger partial charge in [0.1, 0.15) is 0 Å². The normalized spacial score (nSPS) is 28.5. The van der Waals surface area contributed by atoms with E-state index in [4.69, 9.17) is 4.74 Å². The maximum absolute atomic E-state index is 11.8. The van der Waals surface area contributed by atoms with E-state index in [-0.39, 0.29) is 23.1 Å². The van der Waals surface area contributed by atoms with Crippen LogP contribution in [0.25, 0.3) is 0 Å². The Balaban J connectivity index is 1.56. The second-order valence-electron chi connectivity index (χ2n) is 4.88. The molecule has 3 fully saturated rings. The van der Waals surface area contributed by atoms with Crippen molar-refractivity contribution in [2.75, 3.05) is 32.8 Å². The van der Waals surface area contributed by atoms with E-state index < -0.39 is 0 Å². The van der Waals surface area contributed by atoms with Gasteiger partial charge in [-0.25, -0.2) is 0 Å². The quantitative estimate of drug-likeness (QED) is 0.602. The lowest BCUT2D eigenvalue weighted by Crippen LogP contribution is -2.62. The summed E-state index contributed by atoms with van der Waals surface area (Å²) in [7, 11) is 0. The highest BCUT2D eigenvalue weighted by molar-refractivity contribution is 5.83. The van der Waals surface area contributed by atoms with E-state index >= 15 is 0 Å². The van der Waals surface area contributed by atoms with Gasteiger partial charge in [0.25, 0.3) is 0 Å². The first-order valence-corrected chi connectivity index (χ1v) is 5.32. The zero-order valence-corrected chi connectivity index (χ0v) is 8.49. The van der Waals surface area contributed by atoms with Crippen LogP contribution in [0.2, 0.25) is 0 Å². The van der Waals surface area contributed by atoms with E-state index in [1.165, 1.54) is 0 Å². The van der Waals surface area contributed by atoms with Gasteiger partial charge in [-0.2, -0.15) is 0 Å². The lowest BCUT2D eigenvalue weighted by molar-refractivity contribution is -0.161. The molecule has 5 heteroatoms. The highest BCUT2D eigenvalue weighted by Crippen LogP contribution is 2.37. The summed E-state index contributed by atoms with van der Waals surface area (Å²) in [4.78, 5) is 24.7. The van der Waals surface area contributed by atoms with Crippen LogP contribution in [-0.4, -0.2) is 49.6 Å². The average molecular weight is 210 g/mol. The number of carbonyl (C=O) groups is 2. The molecule has 1 spiro atoms. The van der Waals surface area contributed by atoms with Crippen LogP contribution in [0, 0.1) is 11.3 Å². The van der Waals surface area contributed by atoms with Crippen molar-refractivity contribution in [2.45, 2.75) is 6.42 Å². The second kappa shape index (κ2) is 2.95. The van der Waals surface area contributed by atoms with Crippen LogP contribution in [-0.2, 0) is 14.3 Å². The fourth-order valence-corrected chi connectivity index (χ4v) is 2.53. The second-order valence-corrected chi connectivity index (χ2v) is 4.88. The number of carbonyl (C=O) groups excluding carboxylic acids is 2. The van der Waals surface area contributed by atoms with Gasteiger partial charge < -0.3 is 15.0 Å². The van der Waals surface area contributed by atoms with Gasteiger partial charge in [0.05, 0.1) is 19.1 Å². The van der Waals surface area contributed by atoms with Gasteiger partial charge in [-0.1, -0.05) is 0 Å². The Kier molecular flexibility index (Phi) is 1.80. The highest BCUT2D eigenvalue weighted by atomic mass is 16.5. The molecule has 2 amide bonds. The van der Waals surface area contributed by atoms with Crippen LogP contribution in [0.3, 0.4) is 0 Å². The molecule has 3 saturated heterocycles. The van der Waals surface area contributed by atoms with E-state index in [1.807, 2.05) is 4.90 Å². The van der Waals surface area contributed by atoms with Crippen molar-refractivity contribution in [3.8, 4) is 0 Å². The van der Waals surface area contributed by atoms with Gasteiger partial charge in [0.2, 0.25) is 11.8 Å². The highest BCUT2D eigenvalue weighted by Gasteiger charge is 2.51. The zero-order chi connectivity index (χ0) is 10.5. The zero-order valence-electron chi connectivity index (χ0n) is 8.49. The molecule has 15 heavy (non-hydrogen) atoms. The van der Waals surface area contributed by atoms with Crippen molar-refractivity contribution in [2.24, 2.45) is 11.3 Å². The number of amides is 2. The van der Waals surface area contributed by atoms with Crippen molar-refractivity contribution in [1.29, 1.82) is 0 Å². The SMILES string of the molecule is O=C1CC2(CN1)CN(C(=O)C1COC1)C2. The maximum atomic E-state index is 11.8. The standard InChI is InChI=1S/C10H14N2O3/c13-8-1-10(4-11-8)5-12(6-10)9(14)7-2-15-3-7/h7H,1-6H2,(H,11,13). The third-order valence-electron chi connectivity index (χ3n) is 3.55. The number of ether oxygens (including phenoxy) is 1. The maximum Gasteiger partial charge on any atom is 0.230 e. The molecule has 0 radical (unpaired) electrons. The van der Waals surface area contributed by atoms with Crippen LogP contribution in [0.4, 0.5) is 0 Å². The summed E-state index contributed by atoms with van der Waals surface area (Å²) < 4.78 is 4.99. The summed E-state index contributed by atoms with van der Waals surface area (Å²) in [6.45, 7) is 3.35. The largest absolute Gasteiger partial charge is 0.380 e. The summed E-state index contributed by atoms with van der Waals surface area (Å²) in [5.41, 5.74) is 0.0529. The summed E-state index contributed by atoms with van der Waals surface area (Å²) in [6, 6.07) is 0. The van der Waals surface area contributed by atoms with Gasteiger partial charge in [0.15, 0.2) is 0 Å². The third-order valence-corrected chi connectivity index (χ3v) is 3.55. The molecule has 82 valence electrons. The molecule has 0 unspecified atom stereocenters. The van der Waals surface area contributed by atoms with Crippen molar-refractivity contribution >= 4 is 11.8 Å². The molecule has 1 N–H and O–H groups in total. The van der Waals surface area contributed by atoms with Crippen molar-refractivity contribution in [3.05, 3.63) is 0 Å². The predicted octanol–water partition coefficient (Wildman–Crippen LogP) is -1.02. The first kappa shape index (κ1) is 9.15. The Morgan fingerprint density at radius 3 is 2.67 bits per heavy atom. The smallest absolute Gasteiger partial charge is 0.230 e. The molecule has 0 bridgehead atoms. The van der Waals surface area contributed by atoms with Gasteiger partial charge in [-0.05, 0) is 0 Å². The van der Waals surface area contributed by atoms with Crippen LogP contribution in [0.15, 0.2) is 0 Å². The molecule has 3 rings (SSSR count). The number of likely N-dealkylation sites (tertiary alicyclic amines) is 1. The van der Waals surface area contributed by atoms with E-state index in [0.717, 1.165) is 19.6 Å². The van der Waals surface area contributed by atoms with Crippen molar-refractivity contribution in [3.63, 3.8) is 0 Å². The monoisotopic (exact) mass is 210 g/mol. The van der Waals surface area contributed by atoms with E-state index in [9.17, 15) is 9.59 Å². The molecule has 3 aliphatic heterocycles. The topological polar surface area (TPSA) is 58.6 Å². The van der Waals surface area contributed by atoms with Crippen molar-refractivity contribution < 1.29 is 14.3 Å². The molecule has 3 heterocycles. The number of rotatable bonds is 1.